The lowest BCUT2D eigenvalue weighted by Gasteiger charge is -2.48. The van der Waals surface area contributed by atoms with E-state index in [1.54, 1.807) is 0 Å². The summed E-state index contributed by atoms with van der Waals surface area (Å²) >= 11 is 0. The van der Waals surface area contributed by atoms with Crippen molar-refractivity contribution in [1.82, 2.24) is 30.1 Å². The molecule has 8 nitrogen and oxygen atoms in total. The van der Waals surface area contributed by atoms with Gasteiger partial charge in [0.1, 0.15) is 0 Å². The van der Waals surface area contributed by atoms with Gasteiger partial charge < -0.3 is 15.4 Å². The van der Waals surface area contributed by atoms with E-state index in [9.17, 15) is 0 Å². The third kappa shape index (κ3) is 4.12. The maximum atomic E-state index is 5.58. The van der Waals surface area contributed by atoms with Crippen molar-refractivity contribution in [3.8, 4) is 0 Å². The molecule has 8 heteroatoms. The third-order valence-electron chi connectivity index (χ3n) is 6.07. The zero-order valence-corrected chi connectivity index (χ0v) is 16.7. The van der Waals surface area contributed by atoms with Crippen LogP contribution in [0.3, 0.4) is 0 Å². The number of guanidine groups is 1. The number of ether oxygens (including phenoxy) is 1. The molecule has 0 amide bonds. The molecule has 1 saturated carbocycles. The minimum Gasteiger partial charge on any atom is -0.379 e. The Morgan fingerprint density at radius 1 is 1.14 bits per heavy atom. The van der Waals surface area contributed by atoms with Gasteiger partial charge in [-0.2, -0.15) is 0 Å². The normalized spacial score (nSPS) is 21.0. The Kier molecular flexibility index (Phi) is 6.07. The molecule has 0 radical (unpaired) electrons. The Morgan fingerprint density at radius 3 is 2.75 bits per heavy atom. The zero-order valence-electron chi connectivity index (χ0n) is 16.7. The van der Waals surface area contributed by atoms with Gasteiger partial charge in [-0.15, -0.1) is 10.2 Å². The monoisotopic (exact) mass is 385 g/mol. The smallest absolute Gasteiger partial charge is 0.191 e. The zero-order chi connectivity index (χ0) is 19.2. The van der Waals surface area contributed by atoms with Crippen LogP contribution in [0.4, 0.5) is 0 Å². The Morgan fingerprint density at radius 2 is 1.96 bits per heavy atom. The van der Waals surface area contributed by atoms with E-state index in [-0.39, 0.29) is 5.54 Å². The number of fused-ring (bicyclic) bond motifs is 1. The van der Waals surface area contributed by atoms with E-state index in [4.69, 9.17) is 4.74 Å². The SMILES string of the molecule is CN=C(NCc1nnc2ccccn12)NCC1(N2CCOCC2)CCCCC1. The molecule has 2 fully saturated rings. The van der Waals surface area contributed by atoms with Crippen molar-refractivity contribution in [3.63, 3.8) is 0 Å². The first-order valence-corrected chi connectivity index (χ1v) is 10.4. The lowest BCUT2D eigenvalue weighted by Crippen LogP contribution is -2.60. The number of nitrogens with one attached hydrogen (secondary N) is 2. The largest absolute Gasteiger partial charge is 0.379 e. The third-order valence-corrected chi connectivity index (χ3v) is 6.07. The molecule has 0 atom stereocenters. The van der Waals surface area contributed by atoms with Crippen LogP contribution in [0.25, 0.3) is 5.65 Å². The highest BCUT2D eigenvalue weighted by atomic mass is 16.5. The van der Waals surface area contributed by atoms with E-state index in [0.717, 1.165) is 50.3 Å². The average molecular weight is 386 g/mol. The molecule has 0 spiro atoms. The summed E-state index contributed by atoms with van der Waals surface area (Å²) in [5.41, 5.74) is 1.07. The molecule has 2 N–H and O–H groups in total. The average Bonchev–Trinajstić information content (AvgIpc) is 3.18. The van der Waals surface area contributed by atoms with Crippen molar-refractivity contribution >= 4 is 11.6 Å². The van der Waals surface area contributed by atoms with Crippen molar-refractivity contribution in [3.05, 3.63) is 30.2 Å². The van der Waals surface area contributed by atoms with Crippen LogP contribution in [0.5, 0.6) is 0 Å². The molecular formula is C20H31N7O. The van der Waals surface area contributed by atoms with Gasteiger partial charge in [-0.25, -0.2) is 0 Å². The fourth-order valence-corrected chi connectivity index (χ4v) is 4.50. The first kappa shape index (κ1) is 19.1. The molecule has 1 aliphatic heterocycles. The number of rotatable bonds is 5. The van der Waals surface area contributed by atoms with E-state index in [1.807, 2.05) is 35.8 Å². The summed E-state index contributed by atoms with van der Waals surface area (Å²) in [6, 6.07) is 5.91. The van der Waals surface area contributed by atoms with Crippen LogP contribution >= 0.6 is 0 Å². The second-order valence-electron chi connectivity index (χ2n) is 7.71. The summed E-state index contributed by atoms with van der Waals surface area (Å²) < 4.78 is 7.58. The van der Waals surface area contributed by atoms with Crippen LogP contribution in [0, 0.1) is 0 Å². The second-order valence-corrected chi connectivity index (χ2v) is 7.71. The predicted molar refractivity (Wildman–Crippen MR) is 109 cm³/mol. The van der Waals surface area contributed by atoms with E-state index in [1.165, 1.54) is 32.1 Å². The van der Waals surface area contributed by atoms with Gasteiger partial charge in [-0.3, -0.25) is 14.3 Å². The Balaban J connectivity index is 1.38. The molecular weight excluding hydrogens is 354 g/mol. The van der Waals surface area contributed by atoms with E-state index >= 15 is 0 Å². The fraction of sp³-hybridized carbons (Fsp3) is 0.650. The Labute approximate surface area is 166 Å². The Bertz CT molecular complexity index is 791. The van der Waals surface area contributed by atoms with Gasteiger partial charge in [0.25, 0.3) is 0 Å². The van der Waals surface area contributed by atoms with Crippen molar-refractivity contribution in [2.75, 3.05) is 39.9 Å². The number of pyridine rings is 1. The van der Waals surface area contributed by atoms with Gasteiger partial charge in [-0.05, 0) is 25.0 Å². The standard InChI is InChI=1S/C20H31N7O/c1-21-19(22-15-18-25-24-17-7-3-6-10-27(17)18)23-16-20(8-4-2-5-9-20)26-11-13-28-14-12-26/h3,6-7,10H,2,4-5,8-9,11-16H2,1H3,(H2,21,22,23). The van der Waals surface area contributed by atoms with Gasteiger partial charge in [-0.1, -0.05) is 25.3 Å². The number of hydrogen-bond acceptors (Lipinski definition) is 5. The molecule has 0 aromatic carbocycles. The number of hydrogen-bond donors (Lipinski definition) is 2. The summed E-state index contributed by atoms with van der Waals surface area (Å²) in [6.07, 6.45) is 8.42. The topological polar surface area (TPSA) is 79.1 Å². The van der Waals surface area contributed by atoms with E-state index < -0.39 is 0 Å². The van der Waals surface area contributed by atoms with Gasteiger partial charge in [0.2, 0.25) is 0 Å². The first-order valence-electron chi connectivity index (χ1n) is 10.4. The van der Waals surface area contributed by atoms with Gasteiger partial charge >= 0.3 is 0 Å². The summed E-state index contributed by atoms with van der Waals surface area (Å²) in [5, 5.41) is 15.5. The lowest BCUT2D eigenvalue weighted by molar-refractivity contribution is -0.0352. The first-order chi connectivity index (χ1) is 13.8. The maximum Gasteiger partial charge on any atom is 0.191 e. The number of morpholine rings is 1. The highest BCUT2D eigenvalue weighted by molar-refractivity contribution is 5.79. The van der Waals surface area contributed by atoms with Crippen LogP contribution in [-0.4, -0.2) is 70.9 Å². The molecule has 28 heavy (non-hydrogen) atoms. The highest BCUT2D eigenvalue weighted by Crippen LogP contribution is 2.33. The minimum absolute atomic E-state index is 0.210. The summed E-state index contributed by atoms with van der Waals surface area (Å²) in [4.78, 5) is 7.06. The predicted octanol–water partition coefficient (Wildman–Crippen LogP) is 1.43. The Hall–Kier alpha value is -2.19. The molecule has 0 unspecified atom stereocenters. The van der Waals surface area contributed by atoms with Crippen molar-refractivity contribution in [2.45, 2.75) is 44.2 Å². The fourth-order valence-electron chi connectivity index (χ4n) is 4.50. The van der Waals surface area contributed by atoms with E-state index in [2.05, 4.69) is 30.7 Å². The summed E-state index contributed by atoms with van der Waals surface area (Å²) in [5.74, 6) is 1.69. The minimum atomic E-state index is 0.210. The second kappa shape index (κ2) is 8.87. The molecule has 2 aromatic heterocycles. The van der Waals surface area contributed by atoms with Crippen LogP contribution in [0.2, 0.25) is 0 Å². The van der Waals surface area contributed by atoms with E-state index in [0.29, 0.717) is 6.54 Å². The number of aromatic nitrogens is 3. The molecule has 2 aromatic rings. The van der Waals surface area contributed by atoms with Gasteiger partial charge in [0.05, 0.1) is 19.8 Å². The van der Waals surface area contributed by atoms with Crippen LogP contribution in [0.1, 0.15) is 37.9 Å². The highest BCUT2D eigenvalue weighted by Gasteiger charge is 2.38. The molecule has 152 valence electrons. The quantitative estimate of drug-likeness (QED) is 0.599. The number of nitrogens with zero attached hydrogens (tertiary/aromatic N) is 5. The van der Waals surface area contributed by atoms with Crippen molar-refractivity contribution < 1.29 is 4.74 Å². The molecule has 4 rings (SSSR count). The van der Waals surface area contributed by atoms with Gasteiger partial charge in [0.15, 0.2) is 17.4 Å². The van der Waals surface area contributed by atoms with Crippen molar-refractivity contribution in [1.29, 1.82) is 0 Å². The lowest BCUT2D eigenvalue weighted by atomic mass is 9.80. The van der Waals surface area contributed by atoms with Gasteiger partial charge in [0, 0.05) is 38.4 Å². The molecule has 3 heterocycles. The molecule has 1 saturated heterocycles. The maximum absolute atomic E-state index is 5.58. The number of aliphatic imine (C=N–C) groups is 1. The summed E-state index contributed by atoms with van der Waals surface area (Å²) in [6.45, 7) is 5.23. The van der Waals surface area contributed by atoms with Crippen LogP contribution in [-0.2, 0) is 11.3 Å². The molecule has 2 aliphatic rings. The van der Waals surface area contributed by atoms with Crippen LogP contribution < -0.4 is 10.6 Å². The molecule has 0 bridgehead atoms. The summed E-state index contributed by atoms with van der Waals surface area (Å²) in [7, 11) is 1.82. The van der Waals surface area contributed by atoms with Crippen LogP contribution in [0.15, 0.2) is 29.4 Å². The molecule has 1 aliphatic carbocycles. The van der Waals surface area contributed by atoms with Crippen molar-refractivity contribution in [2.24, 2.45) is 4.99 Å².